The number of alkyl halides is 4. The van der Waals surface area contributed by atoms with E-state index < -0.39 is 11.7 Å². The lowest BCUT2D eigenvalue weighted by Gasteiger charge is -2.14. The van der Waals surface area contributed by atoms with E-state index >= 15 is 0 Å². The lowest BCUT2D eigenvalue weighted by Crippen LogP contribution is -2.08. The summed E-state index contributed by atoms with van der Waals surface area (Å²) >= 11 is 11.5. The minimum absolute atomic E-state index is 0.00604. The molecule has 2 aromatic rings. The van der Waals surface area contributed by atoms with Crippen LogP contribution in [0.1, 0.15) is 16.7 Å². The summed E-state index contributed by atoms with van der Waals surface area (Å²) in [6, 6.07) is 8.71. The summed E-state index contributed by atoms with van der Waals surface area (Å²) in [6.07, 6.45) is -4.49. The smallest absolute Gasteiger partial charge is 0.416 e. The van der Waals surface area contributed by atoms with Crippen LogP contribution in [0.2, 0.25) is 5.02 Å². The van der Waals surface area contributed by atoms with Gasteiger partial charge in [0.2, 0.25) is 0 Å². The van der Waals surface area contributed by atoms with Gasteiger partial charge in [-0.3, -0.25) is 0 Å². The molecular formula is C15H11Cl2F3O. The first-order valence-corrected chi connectivity index (χ1v) is 6.92. The van der Waals surface area contributed by atoms with Crippen LogP contribution in [-0.2, 0) is 12.1 Å². The highest BCUT2D eigenvalue weighted by molar-refractivity contribution is 6.32. The van der Waals surface area contributed by atoms with Gasteiger partial charge in [-0.2, -0.15) is 13.2 Å². The van der Waals surface area contributed by atoms with Gasteiger partial charge in [0, 0.05) is 5.88 Å². The minimum Gasteiger partial charge on any atom is -0.456 e. The largest absolute Gasteiger partial charge is 0.456 e. The molecule has 0 N–H and O–H groups in total. The van der Waals surface area contributed by atoms with Crippen LogP contribution < -0.4 is 4.74 Å². The summed E-state index contributed by atoms with van der Waals surface area (Å²) in [5.74, 6) is 0.136. The molecule has 2 rings (SSSR count). The molecule has 21 heavy (non-hydrogen) atoms. The van der Waals surface area contributed by atoms with Crippen molar-refractivity contribution in [1.82, 2.24) is 0 Å². The van der Waals surface area contributed by atoms with Crippen LogP contribution >= 0.6 is 23.2 Å². The molecule has 0 radical (unpaired) electrons. The predicted octanol–water partition coefficient (Wildman–Crippen LogP) is 6.20. The zero-order valence-electron chi connectivity index (χ0n) is 11.0. The van der Waals surface area contributed by atoms with Gasteiger partial charge in [-0.25, -0.2) is 0 Å². The number of hydrogen-bond donors (Lipinski definition) is 0. The number of ether oxygens (including phenoxy) is 1. The third kappa shape index (κ3) is 3.83. The molecule has 112 valence electrons. The zero-order chi connectivity index (χ0) is 15.6. The average molecular weight is 335 g/mol. The highest BCUT2D eigenvalue weighted by atomic mass is 35.5. The standard InChI is InChI=1S/C15H11Cl2F3O/c1-9-2-5-14(13(17)6-9)21-11-4-3-10(8-16)12(7-11)15(18,19)20/h2-7H,8H2,1H3. The second-order valence-electron chi connectivity index (χ2n) is 4.49. The SMILES string of the molecule is Cc1ccc(Oc2ccc(CCl)c(C(F)(F)F)c2)c(Cl)c1. The number of aryl methyl sites for hydroxylation is 1. The number of halogens is 5. The maximum atomic E-state index is 12.9. The molecule has 0 atom stereocenters. The normalized spacial score (nSPS) is 11.5. The third-order valence-corrected chi connectivity index (χ3v) is 3.43. The van der Waals surface area contributed by atoms with Gasteiger partial charge in [0.15, 0.2) is 0 Å². The van der Waals surface area contributed by atoms with E-state index in [9.17, 15) is 13.2 Å². The van der Waals surface area contributed by atoms with Crippen molar-refractivity contribution in [2.24, 2.45) is 0 Å². The van der Waals surface area contributed by atoms with E-state index in [1.165, 1.54) is 12.1 Å². The second kappa shape index (κ2) is 6.16. The minimum atomic E-state index is -4.49. The summed E-state index contributed by atoms with van der Waals surface area (Å²) in [5.41, 5.74) is 0.130. The van der Waals surface area contributed by atoms with Crippen LogP contribution in [0.5, 0.6) is 11.5 Å². The predicted molar refractivity (Wildman–Crippen MR) is 77.3 cm³/mol. The molecule has 0 heterocycles. The van der Waals surface area contributed by atoms with Crippen molar-refractivity contribution in [2.75, 3.05) is 0 Å². The van der Waals surface area contributed by atoms with Crippen molar-refractivity contribution >= 4 is 23.2 Å². The topological polar surface area (TPSA) is 9.23 Å². The number of rotatable bonds is 3. The third-order valence-electron chi connectivity index (χ3n) is 2.85. The van der Waals surface area contributed by atoms with Gasteiger partial charge in [-0.15, -0.1) is 11.6 Å². The number of hydrogen-bond acceptors (Lipinski definition) is 1. The van der Waals surface area contributed by atoms with Crippen molar-refractivity contribution in [2.45, 2.75) is 19.0 Å². The maximum absolute atomic E-state index is 12.9. The molecule has 2 aromatic carbocycles. The van der Waals surface area contributed by atoms with Crippen molar-refractivity contribution in [1.29, 1.82) is 0 Å². The lowest BCUT2D eigenvalue weighted by molar-refractivity contribution is -0.138. The first-order valence-electron chi connectivity index (χ1n) is 6.01. The molecule has 0 aliphatic rings. The Labute approximate surface area is 130 Å². The van der Waals surface area contributed by atoms with E-state index in [2.05, 4.69) is 0 Å². The molecule has 0 saturated heterocycles. The molecule has 0 aliphatic heterocycles. The van der Waals surface area contributed by atoms with Gasteiger partial charge in [-0.05, 0) is 42.3 Å². The Morgan fingerprint density at radius 2 is 1.81 bits per heavy atom. The van der Waals surface area contributed by atoms with Gasteiger partial charge < -0.3 is 4.74 Å². The maximum Gasteiger partial charge on any atom is 0.416 e. The average Bonchev–Trinajstić information content (AvgIpc) is 2.41. The van der Waals surface area contributed by atoms with Gasteiger partial charge in [0.25, 0.3) is 0 Å². The fraction of sp³-hybridized carbons (Fsp3) is 0.200. The van der Waals surface area contributed by atoms with Crippen molar-refractivity contribution < 1.29 is 17.9 Å². The van der Waals surface area contributed by atoms with Crippen LogP contribution in [0.3, 0.4) is 0 Å². The summed E-state index contributed by atoms with van der Waals surface area (Å²) < 4.78 is 44.3. The van der Waals surface area contributed by atoms with Crippen molar-refractivity contribution in [3.63, 3.8) is 0 Å². The zero-order valence-corrected chi connectivity index (χ0v) is 12.5. The second-order valence-corrected chi connectivity index (χ2v) is 5.16. The monoisotopic (exact) mass is 334 g/mol. The molecular weight excluding hydrogens is 324 g/mol. The molecule has 0 fully saturated rings. The Hall–Kier alpha value is -1.39. The Morgan fingerprint density at radius 3 is 2.38 bits per heavy atom. The van der Waals surface area contributed by atoms with Crippen LogP contribution in [0.25, 0.3) is 0 Å². The van der Waals surface area contributed by atoms with Gasteiger partial charge >= 0.3 is 6.18 Å². The van der Waals surface area contributed by atoms with E-state index in [-0.39, 0.29) is 17.2 Å². The van der Waals surface area contributed by atoms with Crippen LogP contribution in [0.4, 0.5) is 13.2 Å². The Bertz CT molecular complexity index is 654. The lowest BCUT2D eigenvalue weighted by atomic mass is 10.1. The van der Waals surface area contributed by atoms with E-state index in [4.69, 9.17) is 27.9 Å². The summed E-state index contributed by atoms with van der Waals surface area (Å²) in [4.78, 5) is 0. The Morgan fingerprint density at radius 1 is 1.10 bits per heavy atom. The first kappa shape index (κ1) is 16.0. The fourth-order valence-corrected chi connectivity index (χ4v) is 2.32. The molecule has 0 aromatic heterocycles. The van der Waals surface area contributed by atoms with Gasteiger partial charge in [0.1, 0.15) is 11.5 Å². The molecule has 6 heteroatoms. The Kier molecular flexibility index (Phi) is 4.69. The first-order chi connectivity index (χ1) is 9.81. The highest BCUT2D eigenvalue weighted by Gasteiger charge is 2.33. The number of benzene rings is 2. The van der Waals surface area contributed by atoms with E-state index in [0.717, 1.165) is 11.6 Å². The van der Waals surface area contributed by atoms with Gasteiger partial charge in [-0.1, -0.05) is 23.7 Å². The quantitative estimate of drug-likeness (QED) is 0.607. The fourth-order valence-electron chi connectivity index (χ4n) is 1.82. The van der Waals surface area contributed by atoms with E-state index in [0.29, 0.717) is 10.8 Å². The van der Waals surface area contributed by atoms with Crippen molar-refractivity contribution in [3.8, 4) is 11.5 Å². The summed E-state index contributed by atoms with van der Waals surface area (Å²) in [6.45, 7) is 1.85. The van der Waals surface area contributed by atoms with Crippen molar-refractivity contribution in [3.05, 3.63) is 58.1 Å². The molecule has 0 unspecified atom stereocenters. The van der Waals surface area contributed by atoms with Crippen LogP contribution in [0.15, 0.2) is 36.4 Å². The van der Waals surface area contributed by atoms with E-state index in [1.54, 1.807) is 18.2 Å². The van der Waals surface area contributed by atoms with Crippen LogP contribution in [-0.4, -0.2) is 0 Å². The molecule has 0 saturated carbocycles. The molecule has 0 amide bonds. The summed E-state index contributed by atoms with van der Waals surface area (Å²) in [5, 5.41) is 0.338. The van der Waals surface area contributed by atoms with Gasteiger partial charge in [0.05, 0.1) is 10.6 Å². The highest BCUT2D eigenvalue weighted by Crippen LogP contribution is 2.37. The van der Waals surface area contributed by atoms with E-state index in [1.807, 2.05) is 6.92 Å². The molecule has 0 spiro atoms. The molecule has 1 nitrogen and oxygen atoms in total. The Balaban J connectivity index is 2.37. The van der Waals surface area contributed by atoms with Crippen LogP contribution in [0, 0.1) is 6.92 Å². The molecule has 0 aliphatic carbocycles. The summed E-state index contributed by atoms with van der Waals surface area (Å²) in [7, 11) is 0. The molecule has 0 bridgehead atoms.